The van der Waals surface area contributed by atoms with Gasteiger partial charge in [0.2, 0.25) is 0 Å². The van der Waals surface area contributed by atoms with Gasteiger partial charge >= 0.3 is 0 Å². The Labute approximate surface area is 358 Å². The summed E-state index contributed by atoms with van der Waals surface area (Å²) >= 11 is 0. The number of hydrogen-bond acceptors (Lipinski definition) is 5. The first-order valence-electron chi connectivity index (χ1n) is 21.6. The zero-order valence-corrected chi connectivity index (χ0v) is 34.7. The first kappa shape index (κ1) is 38.2. The van der Waals surface area contributed by atoms with E-state index in [1.165, 1.54) is 37.7 Å². The van der Waals surface area contributed by atoms with E-state index >= 15 is 0 Å². The molecular weight excluding hydrogens is 743 g/mol. The summed E-state index contributed by atoms with van der Waals surface area (Å²) in [4.78, 5) is 20.0. The van der Waals surface area contributed by atoms with Crippen molar-refractivity contribution in [1.82, 2.24) is 19.9 Å². The number of rotatable bonds is 8. The maximum atomic E-state index is 9.59. The van der Waals surface area contributed by atoms with Gasteiger partial charge in [-0.05, 0) is 160 Å². The van der Waals surface area contributed by atoms with Crippen LogP contribution < -0.4 is 0 Å². The van der Waals surface area contributed by atoms with Crippen molar-refractivity contribution in [2.24, 2.45) is 17.8 Å². The maximum Gasteiger partial charge on any atom is 0.164 e. The van der Waals surface area contributed by atoms with Crippen LogP contribution in [0.2, 0.25) is 0 Å². The molecule has 10 rings (SSSR count). The van der Waals surface area contributed by atoms with Gasteiger partial charge in [0.25, 0.3) is 0 Å². The zero-order valence-electron chi connectivity index (χ0n) is 34.7. The smallest absolute Gasteiger partial charge is 0.164 e. The summed E-state index contributed by atoms with van der Waals surface area (Å²) < 4.78 is 0. The first-order valence-corrected chi connectivity index (χ1v) is 21.6. The highest BCUT2D eigenvalue weighted by molar-refractivity contribution is 5.82. The summed E-state index contributed by atoms with van der Waals surface area (Å²) in [6, 6.07) is 57.4. The van der Waals surface area contributed by atoms with Gasteiger partial charge in [0.1, 0.15) is 0 Å². The number of fused-ring (bicyclic) bond motifs is 2. The van der Waals surface area contributed by atoms with E-state index in [0.717, 1.165) is 79.0 Å². The lowest BCUT2D eigenvalue weighted by atomic mass is 9.54. The highest BCUT2D eigenvalue weighted by Crippen LogP contribution is 2.54. The molecule has 2 aliphatic carbocycles. The van der Waals surface area contributed by atoms with Gasteiger partial charge in [0.05, 0.1) is 11.6 Å². The molecule has 0 saturated heterocycles. The molecule has 61 heavy (non-hydrogen) atoms. The van der Waals surface area contributed by atoms with E-state index in [2.05, 4.69) is 140 Å². The van der Waals surface area contributed by atoms with Crippen LogP contribution in [0.5, 0.6) is 0 Å². The molecule has 0 N–H and O–H groups in total. The molecule has 0 aliphatic heterocycles. The van der Waals surface area contributed by atoms with Crippen molar-refractivity contribution >= 4 is 0 Å². The molecular formula is C56H47N5. The minimum atomic E-state index is 0.238. The largest absolute Gasteiger partial charge is 0.265 e. The summed E-state index contributed by atoms with van der Waals surface area (Å²) in [5, 5.41) is 9.59. The number of nitriles is 1. The van der Waals surface area contributed by atoms with Gasteiger partial charge in [-0.25, -0.2) is 15.0 Å². The Balaban J connectivity index is 1.13. The monoisotopic (exact) mass is 789 g/mol. The molecule has 2 aromatic heterocycles. The van der Waals surface area contributed by atoms with Crippen molar-refractivity contribution < 1.29 is 0 Å². The van der Waals surface area contributed by atoms with E-state index in [9.17, 15) is 5.26 Å². The quantitative estimate of drug-likeness (QED) is 0.153. The molecule has 4 atom stereocenters. The van der Waals surface area contributed by atoms with Gasteiger partial charge in [-0.1, -0.05) is 117 Å². The second-order valence-corrected chi connectivity index (χ2v) is 17.6. The Morgan fingerprint density at radius 2 is 0.902 bits per heavy atom. The van der Waals surface area contributed by atoms with Crippen LogP contribution in [0.15, 0.2) is 170 Å². The molecule has 2 saturated carbocycles. The second-order valence-electron chi connectivity index (χ2n) is 17.6. The summed E-state index contributed by atoms with van der Waals surface area (Å²) in [5.74, 6) is 4.15. The van der Waals surface area contributed by atoms with Gasteiger partial charge in [-0.2, -0.15) is 5.26 Å². The first-order chi connectivity index (χ1) is 29.9. The summed E-state index contributed by atoms with van der Waals surface area (Å²) in [5.41, 5.74) is 13.7. The van der Waals surface area contributed by atoms with Crippen molar-refractivity contribution in [3.63, 3.8) is 0 Å². The molecule has 8 aromatic rings. The van der Waals surface area contributed by atoms with E-state index in [1.54, 1.807) is 0 Å². The maximum absolute atomic E-state index is 9.59. The third-order valence-electron chi connectivity index (χ3n) is 13.0. The molecule has 0 radical (unpaired) electrons. The van der Waals surface area contributed by atoms with E-state index in [-0.39, 0.29) is 5.41 Å². The molecule has 5 heteroatoms. The van der Waals surface area contributed by atoms with Crippen LogP contribution in [0.4, 0.5) is 0 Å². The van der Waals surface area contributed by atoms with Crippen LogP contribution in [0.1, 0.15) is 57.1 Å². The Kier molecular flexibility index (Phi) is 10.1. The normalized spacial score (nSPS) is 19.5. The van der Waals surface area contributed by atoms with Crippen LogP contribution >= 0.6 is 0 Å². The molecule has 2 bridgehead atoms. The Bertz CT molecular complexity index is 2860. The molecule has 2 unspecified atom stereocenters. The van der Waals surface area contributed by atoms with E-state index in [4.69, 9.17) is 15.0 Å². The van der Waals surface area contributed by atoms with Crippen LogP contribution in [-0.4, -0.2) is 19.9 Å². The fourth-order valence-electron chi connectivity index (χ4n) is 10.5. The molecule has 2 aliphatic rings. The molecule has 0 spiro atoms. The third-order valence-corrected chi connectivity index (χ3v) is 13.0. The lowest BCUT2D eigenvalue weighted by Crippen LogP contribution is -2.42. The average molecular weight is 790 g/mol. The van der Waals surface area contributed by atoms with E-state index in [1.807, 2.05) is 54.9 Å². The number of hydrogen-bond donors (Lipinski definition) is 0. The van der Waals surface area contributed by atoms with Crippen LogP contribution in [0, 0.1) is 29.1 Å². The second kappa shape index (κ2) is 16.2. The van der Waals surface area contributed by atoms with Crippen molar-refractivity contribution in [3.8, 4) is 84.7 Å². The van der Waals surface area contributed by atoms with E-state index < -0.39 is 0 Å². The van der Waals surface area contributed by atoms with Crippen molar-refractivity contribution in [2.75, 3.05) is 0 Å². The summed E-state index contributed by atoms with van der Waals surface area (Å²) in [6.07, 6.45) is 10.2. The van der Waals surface area contributed by atoms with E-state index in [0.29, 0.717) is 23.0 Å². The molecule has 2 heterocycles. The Hall–Kier alpha value is -7.03. The van der Waals surface area contributed by atoms with Gasteiger partial charge in [-0.15, -0.1) is 0 Å². The van der Waals surface area contributed by atoms with Crippen LogP contribution in [-0.2, 0) is 5.41 Å². The average Bonchev–Trinajstić information content (AvgIpc) is 3.31. The topological polar surface area (TPSA) is 75.3 Å². The molecule has 0 amide bonds. The summed E-state index contributed by atoms with van der Waals surface area (Å²) in [6.45, 7) is 4.90. The minimum Gasteiger partial charge on any atom is -0.265 e. The molecule has 296 valence electrons. The predicted octanol–water partition coefficient (Wildman–Crippen LogP) is 13.9. The van der Waals surface area contributed by atoms with Crippen LogP contribution in [0.25, 0.3) is 78.7 Å². The fraction of sp³-hybridized carbons (Fsp3) is 0.196. The van der Waals surface area contributed by atoms with Crippen molar-refractivity contribution in [2.45, 2.75) is 51.4 Å². The SMILES string of the molecule is C[C@@H]1CC2C[C@H](C)CC(c3ccc(-c4nc(-c5cccc(-c6ccncc6)c5)nc(-c5cc(-c6ccc(C#N)cc6)cc(-c6cccc(-c7ccccc7)c6)c5)n4)cc3)(C2)C1. The van der Waals surface area contributed by atoms with Gasteiger partial charge in [0.15, 0.2) is 17.5 Å². The highest BCUT2D eigenvalue weighted by Gasteiger charge is 2.45. The predicted molar refractivity (Wildman–Crippen MR) is 247 cm³/mol. The van der Waals surface area contributed by atoms with Crippen molar-refractivity contribution in [1.29, 1.82) is 5.26 Å². The minimum absolute atomic E-state index is 0.238. The van der Waals surface area contributed by atoms with Crippen LogP contribution in [0.3, 0.4) is 0 Å². The van der Waals surface area contributed by atoms with Gasteiger partial charge in [0, 0.05) is 29.1 Å². The van der Waals surface area contributed by atoms with Gasteiger partial charge in [-0.3, -0.25) is 4.98 Å². The number of pyridine rings is 1. The molecule has 2 fully saturated rings. The third kappa shape index (κ3) is 7.90. The lowest BCUT2D eigenvalue weighted by molar-refractivity contribution is 0.0780. The number of aromatic nitrogens is 4. The number of nitrogens with zero attached hydrogens (tertiary/aromatic N) is 5. The summed E-state index contributed by atoms with van der Waals surface area (Å²) in [7, 11) is 0. The molecule has 6 aromatic carbocycles. The van der Waals surface area contributed by atoms with Crippen molar-refractivity contribution in [3.05, 3.63) is 181 Å². The highest BCUT2D eigenvalue weighted by atomic mass is 15.0. The Morgan fingerprint density at radius 3 is 1.54 bits per heavy atom. The zero-order chi connectivity index (χ0) is 41.3. The molecule has 5 nitrogen and oxygen atoms in total. The lowest BCUT2D eigenvalue weighted by Gasteiger charge is -2.50. The Morgan fingerprint density at radius 1 is 0.443 bits per heavy atom. The fourth-order valence-corrected chi connectivity index (χ4v) is 10.5. The number of benzene rings is 6. The van der Waals surface area contributed by atoms with Gasteiger partial charge < -0.3 is 0 Å². The standard InChI is InChI=1S/C56H47N5/c1-37-26-40-27-38(2)34-56(33-37,35-40)52-20-18-44(19-21-52)53-59-54(48-13-7-11-46(29-48)43-22-24-58-25-23-43)61-55(60-53)51-31-49(42-16-14-39(36-57)15-17-42)30-50(32-51)47-12-6-10-45(28-47)41-8-4-3-5-9-41/h3-25,28-32,37-38,40H,26-27,33-35H2,1-2H3/t37-,38+,40?,56?.